The zero-order valence-corrected chi connectivity index (χ0v) is 10.0. The lowest BCUT2D eigenvalue weighted by Gasteiger charge is -2.06. The van der Waals surface area contributed by atoms with Crippen molar-refractivity contribution in [3.63, 3.8) is 0 Å². The highest BCUT2D eigenvalue weighted by Crippen LogP contribution is 2.28. The van der Waals surface area contributed by atoms with Crippen molar-refractivity contribution in [1.29, 1.82) is 5.26 Å². The van der Waals surface area contributed by atoms with Crippen LogP contribution in [0.1, 0.15) is 5.56 Å². The summed E-state index contributed by atoms with van der Waals surface area (Å²) < 4.78 is 0. The maximum absolute atomic E-state index is 8.96. The average Bonchev–Trinajstić information content (AvgIpc) is 2.48. The summed E-state index contributed by atoms with van der Waals surface area (Å²) in [6, 6.07) is 17.1. The highest BCUT2D eigenvalue weighted by molar-refractivity contribution is 5.99. The van der Waals surface area contributed by atoms with Crippen LogP contribution < -0.4 is 5.73 Å². The third-order valence-electron chi connectivity index (χ3n) is 2.98. The highest BCUT2D eigenvalue weighted by atomic mass is 15.1. The maximum Gasteiger partial charge on any atom is 0.154 e. The number of hydrogen-bond donors (Lipinski definition) is 1. The van der Waals surface area contributed by atoms with Crippen molar-refractivity contribution in [1.82, 2.24) is 10.2 Å². The van der Waals surface area contributed by atoms with Crippen LogP contribution in [0.2, 0.25) is 0 Å². The predicted octanol–water partition coefficient (Wildman–Crippen LogP) is 2.75. The summed E-state index contributed by atoms with van der Waals surface area (Å²) in [6.07, 6.45) is 0. The van der Waals surface area contributed by atoms with Crippen LogP contribution >= 0.6 is 0 Å². The number of rotatable bonds is 1. The number of nitriles is 1. The molecule has 0 aliphatic carbocycles. The first-order valence-corrected chi connectivity index (χ1v) is 5.81. The molecule has 0 spiro atoms. The molecule has 0 fully saturated rings. The zero-order valence-electron chi connectivity index (χ0n) is 10.0. The van der Waals surface area contributed by atoms with Gasteiger partial charge in [0.15, 0.2) is 5.82 Å². The van der Waals surface area contributed by atoms with E-state index in [9.17, 15) is 0 Å². The van der Waals surface area contributed by atoms with Crippen LogP contribution in [0.5, 0.6) is 0 Å². The van der Waals surface area contributed by atoms with Crippen LogP contribution in [-0.4, -0.2) is 10.2 Å². The number of benzene rings is 2. The Labute approximate surface area is 110 Å². The molecular weight excluding hydrogens is 236 g/mol. The van der Waals surface area contributed by atoms with Gasteiger partial charge in [-0.1, -0.05) is 36.4 Å². The van der Waals surface area contributed by atoms with Crippen LogP contribution in [0.15, 0.2) is 48.5 Å². The molecule has 0 amide bonds. The Bertz CT molecular complexity index is 803. The molecule has 2 aromatic carbocycles. The number of nitrogens with two attached hydrogens (primary N) is 1. The lowest BCUT2D eigenvalue weighted by molar-refractivity contribution is 1.07. The van der Waals surface area contributed by atoms with E-state index < -0.39 is 0 Å². The van der Waals surface area contributed by atoms with Gasteiger partial charge in [-0.2, -0.15) is 5.26 Å². The van der Waals surface area contributed by atoms with Gasteiger partial charge >= 0.3 is 0 Å². The summed E-state index contributed by atoms with van der Waals surface area (Å²) in [5.41, 5.74) is 8.03. The third kappa shape index (κ3) is 1.87. The Balaban J connectivity index is 2.31. The van der Waals surface area contributed by atoms with E-state index in [2.05, 4.69) is 16.3 Å². The quantitative estimate of drug-likeness (QED) is 0.716. The third-order valence-corrected chi connectivity index (χ3v) is 2.98. The fourth-order valence-electron chi connectivity index (χ4n) is 2.07. The lowest BCUT2D eigenvalue weighted by Crippen LogP contribution is -1.97. The SMILES string of the molecule is N#Cc1cccc(-c2nnc(N)c3ccccc23)c1. The summed E-state index contributed by atoms with van der Waals surface area (Å²) >= 11 is 0. The van der Waals surface area contributed by atoms with Gasteiger partial charge in [0.25, 0.3) is 0 Å². The summed E-state index contributed by atoms with van der Waals surface area (Å²) in [5.74, 6) is 0.413. The molecule has 0 saturated carbocycles. The van der Waals surface area contributed by atoms with Gasteiger partial charge in [0.05, 0.1) is 11.6 Å². The van der Waals surface area contributed by atoms with Crippen molar-refractivity contribution in [2.45, 2.75) is 0 Å². The molecule has 3 rings (SSSR count). The van der Waals surface area contributed by atoms with Gasteiger partial charge in [0.2, 0.25) is 0 Å². The van der Waals surface area contributed by atoms with Crippen molar-refractivity contribution in [2.75, 3.05) is 5.73 Å². The normalized spacial score (nSPS) is 10.3. The first-order chi connectivity index (χ1) is 9.29. The van der Waals surface area contributed by atoms with Crippen molar-refractivity contribution < 1.29 is 0 Å². The summed E-state index contributed by atoms with van der Waals surface area (Å²) in [6.45, 7) is 0. The Hall–Kier alpha value is -2.93. The zero-order chi connectivity index (χ0) is 13.2. The van der Waals surface area contributed by atoms with Crippen LogP contribution in [0, 0.1) is 11.3 Å². The molecular formula is C15H10N4. The number of nitrogen functional groups attached to an aromatic ring is 1. The molecule has 0 unspecified atom stereocenters. The average molecular weight is 246 g/mol. The van der Waals surface area contributed by atoms with Gasteiger partial charge in [-0.25, -0.2) is 0 Å². The highest BCUT2D eigenvalue weighted by Gasteiger charge is 2.09. The first-order valence-electron chi connectivity index (χ1n) is 5.81. The molecule has 0 saturated heterocycles. The van der Waals surface area contributed by atoms with Crippen molar-refractivity contribution >= 4 is 16.6 Å². The minimum Gasteiger partial charge on any atom is -0.382 e. The van der Waals surface area contributed by atoms with Gasteiger partial charge < -0.3 is 5.73 Å². The second-order valence-electron chi connectivity index (χ2n) is 4.17. The smallest absolute Gasteiger partial charge is 0.154 e. The predicted molar refractivity (Wildman–Crippen MR) is 74.1 cm³/mol. The number of nitrogens with zero attached hydrogens (tertiary/aromatic N) is 3. The number of fused-ring (bicyclic) bond motifs is 1. The second-order valence-corrected chi connectivity index (χ2v) is 4.17. The van der Waals surface area contributed by atoms with E-state index in [0.717, 1.165) is 22.0 Å². The summed E-state index contributed by atoms with van der Waals surface area (Å²) in [4.78, 5) is 0. The molecule has 19 heavy (non-hydrogen) atoms. The van der Waals surface area contributed by atoms with E-state index in [1.807, 2.05) is 36.4 Å². The Morgan fingerprint density at radius 2 is 1.74 bits per heavy atom. The Kier molecular flexibility index (Phi) is 2.58. The molecule has 0 atom stereocenters. The van der Waals surface area contributed by atoms with E-state index in [-0.39, 0.29) is 0 Å². The minimum atomic E-state index is 0.413. The minimum absolute atomic E-state index is 0.413. The number of aromatic nitrogens is 2. The van der Waals surface area contributed by atoms with Gasteiger partial charge in [-0.3, -0.25) is 0 Å². The van der Waals surface area contributed by atoms with E-state index in [0.29, 0.717) is 11.4 Å². The van der Waals surface area contributed by atoms with Crippen molar-refractivity contribution in [2.24, 2.45) is 0 Å². The number of hydrogen-bond acceptors (Lipinski definition) is 4. The van der Waals surface area contributed by atoms with E-state index in [1.165, 1.54) is 0 Å². The van der Waals surface area contributed by atoms with Gasteiger partial charge in [0.1, 0.15) is 5.69 Å². The maximum atomic E-state index is 8.96. The number of anilines is 1. The lowest BCUT2D eigenvalue weighted by atomic mass is 10.0. The molecule has 90 valence electrons. The Morgan fingerprint density at radius 3 is 2.53 bits per heavy atom. The van der Waals surface area contributed by atoms with E-state index >= 15 is 0 Å². The molecule has 0 aliphatic heterocycles. The summed E-state index contributed by atoms with van der Waals surface area (Å²) in [7, 11) is 0. The van der Waals surface area contributed by atoms with Gasteiger partial charge in [-0.15, -0.1) is 10.2 Å². The van der Waals surface area contributed by atoms with Crippen LogP contribution in [-0.2, 0) is 0 Å². The van der Waals surface area contributed by atoms with Crippen LogP contribution in [0.25, 0.3) is 22.0 Å². The molecule has 0 bridgehead atoms. The summed E-state index contributed by atoms with van der Waals surface area (Å²) in [5, 5.41) is 18.9. The van der Waals surface area contributed by atoms with Crippen molar-refractivity contribution in [3.8, 4) is 17.3 Å². The monoisotopic (exact) mass is 246 g/mol. The van der Waals surface area contributed by atoms with Gasteiger partial charge in [-0.05, 0) is 12.1 Å². The fraction of sp³-hybridized carbons (Fsp3) is 0. The molecule has 4 nitrogen and oxygen atoms in total. The van der Waals surface area contributed by atoms with Crippen LogP contribution in [0.3, 0.4) is 0 Å². The molecule has 0 radical (unpaired) electrons. The Morgan fingerprint density at radius 1 is 0.947 bits per heavy atom. The molecule has 4 heteroatoms. The molecule has 0 aliphatic rings. The molecule has 1 aromatic heterocycles. The first kappa shape index (κ1) is 11.2. The largest absolute Gasteiger partial charge is 0.382 e. The molecule has 2 N–H and O–H groups in total. The fourth-order valence-corrected chi connectivity index (χ4v) is 2.07. The van der Waals surface area contributed by atoms with Crippen molar-refractivity contribution in [3.05, 3.63) is 54.1 Å². The molecule has 3 aromatic rings. The topological polar surface area (TPSA) is 75.6 Å². The van der Waals surface area contributed by atoms with Crippen LogP contribution in [0.4, 0.5) is 5.82 Å². The van der Waals surface area contributed by atoms with E-state index in [1.54, 1.807) is 12.1 Å². The molecule has 1 heterocycles. The second kappa shape index (κ2) is 4.39. The van der Waals surface area contributed by atoms with E-state index in [4.69, 9.17) is 11.0 Å². The standard InChI is InChI=1S/C15H10N4/c16-9-10-4-3-5-11(8-10)14-12-6-1-2-7-13(12)15(17)19-18-14/h1-8H,(H2,17,19). The van der Waals surface area contributed by atoms with Gasteiger partial charge in [0, 0.05) is 16.3 Å².